The van der Waals surface area contributed by atoms with E-state index in [0.717, 1.165) is 42.5 Å². The van der Waals surface area contributed by atoms with E-state index in [1.165, 1.54) is 11.8 Å². The van der Waals surface area contributed by atoms with E-state index in [9.17, 15) is 9.59 Å². The zero-order chi connectivity index (χ0) is 18.9. The molecule has 1 aliphatic rings. The van der Waals surface area contributed by atoms with E-state index in [4.69, 9.17) is 9.47 Å². The fourth-order valence-electron chi connectivity index (χ4n) is 2.82. The van der Waals surface area contributed by atoms with Gasteiger partial charge in [0.2, 0.25) is 5.91 Å². The first-order chi connectivity index (χ1) is 12.5. The van der Waals surface area contributed by atoms with Crippen molar-refractivity contribution in [3.8, 4) is 0 Å². The molecular formula is C18H29N3O4S. The molecular weight excluding hydrogens is 354 g/mol. The summed E-state index contributed by atoms with van der Waals surface area (Å²) in [6.45, 7) is 8.30. The Labute approximate surface area is 159 Å². The number of carbonyl (C=O) groups excluding carboxylic acids is 2. The number of amides is 1. The monoisotopic (exact) mass is 383 g/mol. The van der Waals surface area contributed by atoms with Crippen LogP contribution in [0.3, 0.4) is 0 Å². The van der Waals surface area contributed by atoms with Gasteiger partial charge in [-0.2, -0.15) is 0 Å². The van der Waals surface area contributed by atoms with Crippen LogP contribution in [0.25, 0.3) is 0 Å². The molecule has 1 saturated heterocycles. The Morgan fingerprint density at radius 1 is 1.42 bits per heavy atom. The van der Waals surface area contributed by atoms with Crippen molar-refractivity contribution in [3.05, 3.63) is 11.4 Å². The highest BCUT2D eigenvalue weighted by Gasteiger charge is 2.20. The van der Waals surface area contributed by atoms with Crippen molar-refractivity contribution in [2.75, 3.05) is 25.5 Å². The third kappa shape index (κ3) is 6.32. The van der Waals surface area contributed by atoms with Crippen molar-refractivity contribution in [1.82, 2.24) is 14.9 Å². The molecule has 1 N–H and O–H groups in total. The molecule has 1 aromatic heterocycles. The van der Waals surface area contributed by atoms with Crippen LogP contribution >= 0.6 is 11.8 Å². The van der Waals surface area contributed by atoms with Crippen LogP contribution in [0.2, 0.25) is 0 Å². The van der Waals surface area contributed by atoms with E-state index in [1.807, 2.05) is 6.92 Å². The van der Waals surface area contributed by atoms with Crippen LogP contribution in [0.4, 0.5) is 0 Å². The zero-order valence-electron chi connectivity index (χ0n) is 15.9. The molecule has 8 heteroatoms. The first kappa shape index (κ1) is 20.8. The van der Waals surface area contributed by atoms with E-state index >= 15 is 0 Å². The van der Waals surface area contributed by atoms with Gasteiger partial charge in [0.05, 0.1) is 30.7 Å². The lowest BCUT2D eigenvalue weighted by molar-refractivity contribution is -0.143. The number of hydrogen-bond donors (Lipinski definition) is 1. The normalized spacial score (nSPS) is 16.7. The van der Waals surface area contributed by atoms with E-state index in [-0.39, 0.29) is 18.0 Å². The van der Waals surface area contributed by atoms with Gasteiger partial charge < -0.3 is 19.4 Å². The summed E-state index contributed by atoms with van der Waals surface area (Å²) in [6.07, 6.45) is 3.32. The lowest BCUT2D eigenvalue weighted by Crippen LogP contribution is -2.27. The zero-order valence-corrected chi connectivity index (χ0v) is 16.7. The Morgan fingerprint density at radius 2 is 2.23 bits per heavy atom. The molecule has 1 amide bonds. The van der Waals surface area contributed by atoms with Crippen molar-refractivity contribution in [2.24, 2.45) is 0 Å². The smallest absolute Gasteiger partial charge is 0.305 e. The molecule has 1 aliphatic heterocycles. The number of rotatable bonds is 10. The van der Waals surface area contributed by atoms with Crippen molar-refractivity contribution in [3.63, 3.8) is 0 Å². The van der Waals surface area contributed by atoms with Gasteiger partial charge in [-0.1, -0.05) is 11.8 Å². The van der Waals surface area contributed by atoms with Gasteiger partial charge in [0, 0.05) is 25.3 Å². The second kappa shape index (κ2) is 10.6. The number of esters is 1. The third-order valence-electron chi connectivity index (χ3n) is 4.35. The van der Waals surface area contributed by atoms with Gasteiger partial charge in [-0.25, -0.2) is 4.98 Å². The Morgan fingerprint density at radius 3 is 2.92 bits per heavy atom. The van der Waals surface area contributed by atoms with Crippen LogP contribution in [0.15, 0.2) is 5.16 Å². The fourth-order valence-corrected chi connectivity index (χ4v) is 3.75. The molecule has 2 heterocycles. The molecule has 0 radical (unpaired) electrons. The quantitative estimate of drug-likeness (QED) is 0.379. The molecule has 1 atom stereocenters. The number of hydrogen-bond acceptors (Lipinski definition) is 6. The molecule has 0 aliphatic carbocycles. The average Bonchev–Trinajstić information content (AvgIpc) is 3.21. The van der Waals surface area contributed by atoms with Crippen molar-refractivity contribution in [2.45, 2.75) is 64.3 Å². The summed E-state index contributed by atoms with van der Waals surface area (Å²) in [4.78, 5) is 27.9. The van der Waals surface area contributed by atoms with E-state index in [2.05, 4.69) is 21.8 Å². The molecule has 7 nitrogen and oxygen atoms in total. The molecule has 26 heavy (non-hydrogen) atoms. The van der Waals surface area contributed by atoms with Gasteiger partial charge >= 0.3 is 5.97 Å². The number of aryl methyl sites for hydroxylation is 1. The van der Waals surface area contributed by atoms with Crippen LogP contribution in [0, 0.1) is 13.8 Å². The van der Waals surface area contributed by atoms with Gasteiger partial charge in [-0.3, -0.25) is 9.59 Å². The number of carbonyl (C=O) groups is 2. The molecule has 0 bridgehead atoms. The standard InChI is InChI=1S/C18H29N3O4S/c1-4-24-17(23)8-5-9-19-16(22)12-26-18-20-13(2)14(3)21(18)11-15-7-6-10-25-15/h15H,4-12H2,1-3H3,(H,19,22)/t15-/m0/s1. The summed E-state index contributed by atoms with van der Waals surface area (Å²) in [6, 6.07) is 0. The van der Waals surface area contributed by atoms with Gasteiger partial charge in [0.25, 0.3) is 0 Å². The second-order valence-electron chi connectivity index (χ2n) is 6.36. The molecule has 0 unspecified atom stereocenters. The summed E-state index contributed by atoms with van der Waals surface area (Å²) in [5, 5.41) is 3.69. The molecule has 0 aromatic carbocycles. The second-order valence-corrected chi connectivity index (χ2v) is 7.30. The van der Waals surface area contributed by atoms with Crippen LogP contribution in [-0.4, -0.2) is 53.0 Å². The van der Waals surface area contributed by atoms with Crippen molar-refractivity contribution in [1.29, 1.82) is 0 Å². The van der Waals surface area contributed by atoms with Gasteiger partial charge in [-0.15, -0.1) is 0 Å². The number of imidazole rings is 1. The lowest BCUT2D eigenvalue weighted by atomic mass is 10.2. The van der Waals surface area contributed by atoms with Gasteiger partial charge in [0.15, 0.2) is 5.16 Å². The molecule has 0 saturated carbocycles. The van der Waals surface area contributed by atoms with Crippen LogP contribution < -0.4 is 5.32 Å². The minimum Gasteiger partial charge on any atom is -0.466 e. The predicted molar refractivity (Wildman–Crippen MR) is 100 cm³/mol. The Hall–Kier alpha value is -1.54. The van der Waals surface area contributed by atoms with Crippen LogP contribution in [-0.2, 0) is 25.6 Å². The minimum atomic E-state index is -0.224. The predicted octanol–water partition coefficient (Wildman–Crippen LogP) is 2.23. The lowest BCUT2D eigenvalue weighted by Gasteiger charge is -2.14. The summed E-state index contributed by atoms with van der Waals surface area (Å²) in [5.41, 5.74) is 2.11. The minimum absolute atomic E-state index is 0.0548. The molecule has 1 aromatic rings. The number of thioether (sulfide) groups is 1. The molecule has 1 fully saturated rings. The molecule has 2 rings (SSSR count). The Balaban J connectivity index is 1.76. The van der Waals surface area contributed by atoms with Gasteiger partial charge in [-0.05, 0) is 40.0 Å². The number of nitrogens with zero attached hydrogens (tertiary/aromatic N) is 2. The highest BCUT2D eigenvalue weighted by molar-refractivity contribution is 7.99. The summed E-state index contributed by atoms with van der Waals surface area (Å²) in [7, 11) is 0. The summed E-state index contributed by atoms with van der Waals surface area (Å²) >= 11 is 1.44. The van der Waals surface area contributed by atoms with Crippen molar-refractivity contribution >= 4 is 23.6 Å². The van der Waals surface area contributed by atoms with E-state index in [0.29, 0.717) is 31.7 Å². The fraction of sp³-hybridized carbons (Fsp3) is 0.722. The maximum Gasteiger partial charge on any atom is 0.305 e. The average molecular weight is 384 g/mol. The van der Waals surface area contributed by atoms with Gasteiger partial charge in [0.1, 0.15) is 0 Å². The Bertz CT molecular complexity index is 612. The van der Waals surface area contributed by atoms with Crippen molar-refractivity contribution < 1.29 is 19.1 Å². The van der Waals surface area contributed by atoms with Crippen LogP contribution in [0.1, 0.15) is 44.0 Å². The summed E-state index contributed by atoms with van der Waals surface area (Å²) < 4.78 is 12.7. The van der Waals surface area contributed by atoms with Crippen LogP contribution in [0.5, 0.6) is 0 Å². The first-order valence-electron chi connectivity index (χ1n) is 9.21. The number of ether oxygens (including phenoxy) is 2. The SMILES string of the molecule is CCOC(=O)CCCNC(=O)CSc1nc(C)c(C)n1C[C@@H]1CCCO1. The topological polar surface area (TPSA) is 82.5 Å². The largest absolute Gasteiger partial charge is 0.466 e. The number of nitrogens with one attached hydrogen (secondary N) is 1. The Kier molecular flexibility index (Phi) is 8.44. The maximum atomic E-state index is 12.0. The molecule has 146 valence electrons. The highest BCUT2D eigenvalue weighted by Crippen LogP contribution is 2.24. The summed E-state index contributed by atoms with van der Waals surface area (Å²) in [5.74, 6) is 0.0277. The third-order valence-corrected chi connectivity index (χ3v) is 5.33. The highest BCUT2D eigenvalue weighted by atomic mass is 32.2. The maximum absolute atomic E-state index is 12.0. The van der Waals surface area contributed by atoms with E-state index in [1.54, 1.807) is 6.92 Å². The number of aromatic nitrogens is 2. The first-order valence-corrected chi connectivity index (χ1v) is 10.2. The molecule has 0 spiro atoms. The van der Waals surface area contributed by atoms with E-state index < -0.39 is 0 Å².